The van der Waals surface area contributed by atoms with Crippen LogP contribution in [0.4, 0.5) is 14.5 Å². The van der Waals surface area contributed by atoms with Crippen molar-refractivity contribution in [2.24, 2.45) is 0 Å². The first-order chi connectivity index (χ1) is 8.58. The van der Waals surface area contributed by atoms with E-state index in [4.69, 9.17) is 5.11 Å². The Morgan fingerprint density at radius 3 is 2.83 bits per heavy atom. The molecular formula is C12H9F2NO2S. The second kappa shape index (κ2) is 5.14. The molecule has 0 unspecified atom stereocenters. The summed E-state index contributed by atoms with van der Waals surface area (Å²) in [5, 5.41) is 13.2. The molecule has 1 aromatic heterocycles. The van der Waals surface area contributed by atoms with Gasteiger partial charge < -0.3 is 10.4 Å². The smallest absolute Gasteiger partial charge is 0.346 e. The number of thiophene rings is 1. The van der Waals surface area contributed by atoms with Gasteiger partial charge in [0.05, 0.1) is 5.69 Å². The SMILES string of the molecule is O=C(O)c1sccc1CNc1cc(F)ccc1F. The van der Waals surface area contributed by atoms with Crippen molar-refractivity contribution in [3.63, 3.8) is 0 Å². The van der Waals surface area contributed by atoms with Crippen molar-refractivity contribution in [2.75, 3.05) is 5.32 Å². The first-order valence-electron chi connectivity index (χ1n) is 5.06. The van der Waals surface area contributed by atoms with Crippen LogP contribution in [-0.4, -0.2) is 11.1 Å². The highest BCUT2D eigenvalue weighted by Crippen LogP contribution is 2.20. The number of carboxylic acids is 1. The molecule has 0 aliphatic heterocycles. The Kier molecular flexibility index (Phi) is 3.57. The molecule has 2 aromatic rings. The normalized spacial score (nSPS) is 10.3. The third-order valence-electron chi connectivity index (χ3n) is 2.34. The third-order valence-corrected chi connectivity index (χ3v) is 3.28. The van der Waals surface area contributed by atoms with Crippen LogP contribution < -0.4 is 5.32 Å². The van der Waals surface area contributed by atoms with Crippen LogP contribution in [0.3, 0.4) is 0 Å². The van der Waals surface area contributed by atoms with Gasteiger partial charge >= 0.3 is 5.97 Å². The Balaban J connectivity index is 2.14. The molecule has 0 bridgehead atoms. The van der Waals surface area contributed by atoms with Crippen LogP contribution in [0.25, 0.3) is 0 Å². The van der Waals surface area contributed by atoms with Gasteiger partial charge in [-0.3, -0.25) is 0 Å². The summed E-state index contributed by atoms with van der Waals surface area (Å²) >= 11 is 1.09. The summed E-state index contributed by atoms with van der Waals surface area (Å²) in [6.45, 7) is 0.130. The number of anilines is 1. The molecule has 0 amide bonds. The van der Waals surface area contributed by atoms with Gasteiger partial charge in [0.15, 0.2) is 0 Å². The van der Waals surface area contributed by atoms with E-state index in [1.54, 1.807) is 11.4 Å². The minimum atomic E-state index is -1.03. The van der Waals surface area contributed by atoms with Crippen LogP contribution in [0.15, 0.2) is 29.6 Å². The molecular weight excluding hydrogens is 260 g/mol. The van der Waals surface area contributed by atoms with Crippen LogP contribution in [0.5, 0.6) is 0 Å². The lowest BCUT2D eigenvalue weighted by atomic mass is 10.2. The predicted octanol–water partition coefficient (Wildman–Crippen LogP) is 3.34. The van der Waals surface area contributed by atoms with E-state index in [2.05, 4.69) is 5.32 Å². The molecule has 0 aliphatic carbocycles. The number of nitrogens with one attached hydrogen (secondary N) is 1. The topological polar surface area (TPSA) is 49.3 Å². The number of benzene rings is 1. The molecule has 0 aliphatic rings. The summed E-state index contributed by atoms with van der Waals surface area (Å²) < 4.78 is 26.2. The predicted molar refractivity (Wildman–Crippen MR) is 65.0 cm³/mol. The Labute approximate surface area is 106 Å². The maximum absolute atomic E-state index is 13.3. The summed E-state index contributed by atoms with van der Waals surface area (Å²) in [6, 6.07) is 4.71. The molecule has 0 spiro atoms. The van der Waals surface area contributed by atoms with Crippen LogP contribution in [0.2, 0.25) is 0 Å². The molecule has 3 nitrogen and oxygen atoms in total. The van der Waals surface area contributed by atoms with Gasteiger partial charge in [0.2, 0.25) is 0 Å². The van der Waals surface area contributed by atoms with Crippen molar-refractivity contribution in [3.05, 3.63) is 51.7 Å². The highest BCUT2D eigenvalue weighted by molar-refractivity contribution is 7.12. The molecule has 1 aromatic carbocycles. The Bertz CT molecular complexity index is 583. The summed E-state index contributed by atoms with van der Waals surface area (Å²) in [6.07, 6.45) is 0. The van der Waals surface area contributed by atoms with Crippen molar-refractivity contribution in [1.82, 2.24) is 0 Å². The summed E-state index contributed by atoms with van der Waals surface area (Å²) in [4.78, 5) is 11.1. The van der Waals surface area contributed by atoms with Gasteiger partial charge in [-0.25, -0.2) is 13.6 Å². The molecule has 1 heterocycles. The number of carboxylic acid groups (broad SMARTS) is 1. The van der Waals surface area contributed by atoms with Crippen molar-refractivity contribution in [1.29, 1.82) is 0 Å². The van der Waals surface area contributed by atoms with Gasteiger partial charge in [0, 0.05) is 6.54 Å². The van der Waals surface area contributed by atoms with E-state index in [0.29, 0.717) is 5.56 Å². The molecule has 0 saturated heterocycles. The first-order valence-corrected chi connectivity index (χ1v) is 5.94. The summed E-state index contributed by atoms with van der Waals surface area (Å²) in [7, 11) is 0. The second-order valence-electron chi connectivity index (χ2n) is 3.56. The average Bonchev–Trinajstić information content (AvgIpc) is 2.79. The summed E-state index contributed by atoms with van der Waals surface area (Å²) in [5.41, 5.74) is 0.550. The lowest BCUT2D eigenvalue weighted by Crippen LogP contribution is -2.05. The van der Waals surface area contributed by atoms with E-state index >= 15 is 0 Å². The average molecular weight is 269 g/mol. The van der Waals surface area contributed by atoms with Crippen molar-refractivity contribution in [3.8, 4) is 0 Å². The molecule has 2 N–H and O–H groups in total. The molecule has 94 valence electrons. The zero-order valence-corrected chi connectivity index (χ0v) is 9.93. The van der Waals surface area contributed by atoms with E-state index in [-0.39, 0.29) is 17.1 Å². The molecule has 0 saturated carbocycles. The molecule has 6 heteroatoms. The quantitative estimate of drug-likeness (QED) is 0.895. The minimum absolute atomic E-state index is 0.0116. The number of aromatic carboxylic acids is 1. The maximum Gasteiger partial charge on any atom is 0.346 e. The van der Waals surface area contributed by atoms with Crippen LogP contribution >= 0.6 is 11.3 Å². The van der Waals surface area contributed by atoms with Gasteiger partial charge in [-0.1, -0.05) is 0 Å². The van der Waals surface area contributed by atoms with E-state index in [1.807, 2.05) is 0 Å². The monoisotopic (exact) mass is 269 g/mol. The van der Waals surface area contributed by atoms with Crippen molar-refractivity contribution < 1.29 is 18.7 Å². The highest BCUT2D eigenvalue weighted by Gasteiger charge is 2.12. The molecule has 2 rings (SSSR count). The zero-order chi connectivity index (χ0) is 13.1. The maximum atomic E-state index is 13.3. The van der Waals surface area contributed by atoms with E-state index in [9.17, 15) is 13.6 Å². The van der Waals surface area contributed by atoms with E-state index in [1.165, 1.54) is 0 Å². The molecule has 18 heavy (non-hydrogen) atoms. The highest BCUT2D eigenvalue weighted by atomic mass is 32.1. The number of rotatable bonds is 4. The van der Waals surface area contributed by atoms with Gasteiger partial charge in [-0.15, -0.1) is 11.3 Å². The number of halogens is 2. The Hall–Kier alpha value is -1.95. The molecule has 0 atom stereocenters. The Morgan fingerprint density at radius 2 is 2.11 bits per heavy atom. The molecule has 0 radical (unpaired) electrons. The fourth-order valence-corrected chi connectivity index (χ4v) is 2.25. The molecule has 0 fully saturated rings. The second-order valence-corrected chi connectivity index (χ2v) is 4.47. The standard InChI is InChI=1S/C12H9F2NO2S/c13-8-1-2-9(14)10(5-8)15-6-7-3-4-18-11(7)12(16)17/h1-5,15H,6H2,(H,16,17). The Morgan fingerprint density at radius 1 is 1.33 bits per heavy atom. The number of hydrogen-bond acceptors (Lipinski definition) is 3. The van der Waals surface area contributed by atoms with Crippen LogP contribution in [0.1, 0.15) is 15.2 Å². The van der Waals surface area contributed by atoms with E-state index < -0.39 is 17.6 Å². The van der Waals surface area contributed by atoms with Crippen molar-refractivity contribution >= 4 is 23.0 Å². The lowest BCUT2D eigenvalue weighted by molar-refractivity contribution is 0.0701. The van der Waals surface area contributed by atoms with Gasteiger partial charge in [0.25, 0.3) is 0 Å². The minimum Gasteiger partial charge on any atom is -0.477 e. The van der Waals surface area contributed by atoms with Crippen molar-refractivity contribution in [2.45, 2.75) is 6.54 Å². The first kappa shape index (κ1) is 12.5. The fourth-order valence-electron chi connectivity index (χ4n) is 1.49. The van der Waals surface area contributed by atoms with Gasteiger partial charge in [-0.2, -0.15) is 0 Å². The zero-order valence-electron chi connectivity index (χ0n) is 9.11. The largest absolute Gasteiger partial charge is 0.477 e. The van der Waals surface area contributed by atoms with Gasteiger partial charge in [-0.05, 0) is 35.2 Å². The number of carbonyl (C=O) groups is 1. The third kappa shape index (κ3) is 2.65. The van der Waals surface area contributed by atoms with E-state index in [0.717, 1.165) is 29.5 Å². The summed E-state index contributed by atoms with van der Waals surface area (Å²) in [5.74, 6) is -2.16. The van der Waals surface area contributed by atoms with Crippen LogP contribution in [0, 0.1) is 11.6 Å². The lowest BCUT2D eigenvalue weighted by Gasteiger charge is -2.07. The number of hydrogen-bond donors (Lipinski definition) is 2. The van der Waals surface area contributed by atoms with Gasteiger partial charge in [0.1, 0.15) is 16.5 Å². The fraction of sp³-hybridized carbons (Fsp3) is 0.0833. The van der Waals surface area contributed by atoms with Crippen LogP contribution in [-0.2, 0) is 6.54 Å².